The summed E-state index contributed by atoms with van der Waals surface area (Å²) in [5.74, 6) is 0.826. The van der Waals surface area contributed by atoms with Gasteiger partial charge in [-0.15, -0.1) is 0 Å². The average molecular weight is 457 g/mol. The molecule has 4 heterocycles. The number of carbonyl (C=O) groups excluding carboxylic acids is 1. The number of nitrogens with one attached hydrogen (secondary N) is 1. The van der Waals surface area contributed by atoms with E-state index in [1.165, 1.54) is 11.3 Å². The highest BCUT2D eigenvalue weighted by molar-refractivity contribution is 5.92. The number of allylic oxidation sites excluding steroid dienone is 9. The average Bonchev–Trinajstić information content (AvgIpc) is 2.84. The van der Waals surface area contributed by atoms with Gasteiger partial charge in [-0.1, -0.05) is 32.1 Å². The van der Waals surface area contributed by atoms with E-state index in [4.69, 9.17) is 4.99 Å². The minimum absolute atomic E-state index is 0.0291. The number of amides is 1. The molecule has 1 saturated heterocycles. The fourth-order valence-electron chi connectivity index (χ4n) is 5.34. The highest BCUT2D eigenvalue weighted by Gasteiger charge is 2.25. The van der Waals surface area contributed by atoms with Crippen molar-refractivity contribution >= 4 is 11.6 Å². The van der Waals surface area contributed by atoms with Crippen LogP contribution in [0.3, 0.4) is 0 Å². The van der Waals surface area contributed by atoms with Gasteiger partial charge in [0.2, 0.25) is 0 Å². The van der Waals surface area contributed by atoms with Crippen molar-refractivity contribution in [2.75, 3.05) is 26.2 Å². The normalized spacial score (nSPS) is 28.8. The number of hydrogen-bond acceptors (Lipinski definition) is 4. The molecule has 0 saturated carbocycles. The molecule has 34 heavy (non-hydrogen) atoms. The summed E-state index contributed by atoms with van der Waals surface area (Å²) >= 11 is 0. The third kappa shape index (κ3) is 4.67. The van der Waals surface area contributed by atoms with Crippen molar-refractivity contribution < 1.29 is 4.79 Å². The second-order valence-electron chi connectivity index (χ2n) is 10.1. The zero-order chi connectivity index (χ0) is 23.7. The van der Waals surface area contributed by atoms with Gasteiger partial charge in [0.1, 0.15) is 0 Å². The predicted octanol–water partition coefficient (Wildman–Crippen LogP) is 5.01. The fraction of sp³-hybridized carbons (Fsp3) is 0.448. The van der Waals surface area contributed by atoms with Crippen molar-refractivity contribution in [2.24, 2.45) is 16.8 Å². The highest BCUT2D eigenvalue weighted by Crippen LogP contribution is 2.34. The molecule has 2 unspecified atom stereocenters. The zero-order valence-corrected chi connectivity index (χ0v) is 20.7. The van der Waals surface area contributed by atoms with Crippen LogP contribution in [0.5, 0.6) is 0 Å². The largest absolute Gasteiger partial charge is 0.368 e. The van der Waals surface area contributed by atoms with Crippen molar-refractivity contribution in [2.45, 2.75) is 46.5 Å². The first-order valence-corrected chi connectivity index (χ1v) is 12.8. The molecule has 5 nitrogen and oxygen atoms in total. The molecule has 0 spiro atoms. The summed E-state index contributed by atoms with van der Waals surface area (Å²) in [5, 5.41) is 3.40. The van der Waals surface area contributed by atoms with Gasteiger partial charge >= 0.3 is 0 Å². The summed E-state index contributed by atoms with van der Waals surface area (Å²) in [6.07, 6.45) is 21.0. The van der Waals surface area contributed by atoms with Gasteiger partial charge in [0, 0.05) is 49.9 Å². The number of aliphatic imine (C=N–C) groups is 1. The molecule has 2 atom stereocenters. The Morgan fingerprint density at radius 2 is 1.79 bits per heavy atom. The standard InChI is InChI=1S/C29H36N4O/c1-20-7-9-25-10-11-26(32-15-13-30-14-16-32)19-33(25)29(34)18-27(20)23-5-4-6-24-17-21(2)22(3)31-28(24)12-8-23/h5,8-12,18-21,30H,4,6-7,13-17H2,1-3H3/b12-8-,23-5?,25-9?,27-18?. The molecule has 0 aromatic rings. The Labute approximate surface area is 203 Å². The van der Waals surface area contributed by atoms with Crippen LogP contribution in [-0.2, 0) is 4.79 Å². The van der Waals surface area contributed by atoms with Crippen molar-refractivity contribution in [3.8, 4) is 0 Å². The number of rotatable bonds is 2. The summed E-state index contributed by atoms with van der Waals surface area (Å²) in [5.41, 5.74) is 8.17. The number of piperazine rings is 1. The molecule has 4 aliphatic heterocycles. The summed E-state index contributed by atoms with van der Waals surface area (Å²) in [4.78, 5) is 22.6. The van der Waals surface area contributed by atoms with Crippen molar-refractivity contribution in [1.82, 2.24) is 15.1 Å². The van der Waals surface area contributed by atoms with E-state index in [9.17, 15) is 4.79 Å². The number of carbonyl (C=O) groups is 1. The summed E-state index contributed by atoms with van der Waals surface area (Å²) in [7, 11) is 0. The molecule has 5 heteroatoms. The maximum Gasteiger partial charge on any atom is 0.255 e. The Balaban J connectivity index is 1.42. The lowest BCUT2D eigenvalue weighted by Gasteiger charge is -2.34. The van der Waals surface area contributed by atoms with Crippen molar-refractivity contribution in [3.63, 3.8) is 0 Å². The maximum absolute atomic E-state index is 13.5. The Morgan fingerprint density at radius 1 is 1.00 bits per heavy atom. The molecule has 1 N–H and O–H groups in total. The Kier molecular flexibility index (Phi) is 6.55. The smallest absolute Gasteiger partial charge is 0.255 e. The monoisotopic (exact) mass is 456 g/mol. The lowest BCUT2D eigenvalue weighted by atomic mass is 9.85. The first-order chi connectivity index (χ1) is 16.5. The first-order valence-electron chi connectivity index (χ1n) is 12.8. The first kappa shape index (κ1) is 22.9. The lowest BCUT2D eigenvalue weighted by Crippen LogP contribution is -2.43. The topological polar surface area (TPSA) is 47.9 Å². The van der Waals surface area contributed by atoms with Crippen LogP contribution in [0.15, 0.2) is 87.5 Å². The molecule has 0 aromatic heterocycles. The van der Waals surface area contributed by atoms with E-state index in [0.29, 0.717) is 5.92 Å². The molecule has 0 bridgehead atoms. The number of hydrogen-bond donors (Lipinski definition) is 1. The van der Waals surface area contributed by atoms with E-state index in [1.54, 1.807) is 0 Å². The summed E-state index contributed by atoms with van der Waals surface area (Å²) in [6, 6.07) is 0. The molecule has 1 fully saturated rings. The summed E-state index contributed by atoms with van der Waals surface area (Å²) in [6.45, 7) is 10.5. The van der Waals surface area contributed by atoms with Crippen LogP contribution < -0.4 is 5.32 Å². The van der Waals surface area contributed by atoms with Crippen LogP contribution in [0.4, 0.5) is 0 Å². The minimum Gasteiger partial charge on any atom is -0.368 e. The van der Waals surface area contributed by atoms with Gasteiger partial charge < -0.3 is 10.2 Å². The fourth-order valence-corrected chi connectivity index (χ4v) is 5.34. The number of nitrogens with zero attached hydrogens (tertiary/aromatic N) is 3. The quantitative estimate of drug-likeness (QED) is 0.635. The van der Waals surface area contributed by atoms with Crippen molar-refractivity contribution in [1.29, 1.82) is 0 Å². The van der Waals surface area contributed by atoms with Crippen LogP contribution in [0.2, 0.25) is 0 Å². The Morgan fingerprint density at radius 3 is 2.62 bits per heavy atom. The van der Waals surface area contributed by atoms with E-state index in [2.05, 4.69) is 67.4 Å². The molecule has 1 amide bonds. The van der Waals surface area contributed by atoms with Crippen LogP contribution >= 0.6 is 0 Å². The second-order valence-corrected chi connectivity index (χ2v) is 10.1. The molecule has 0 aromatic carbocycles. The second kappa shape index (κ2) is 9.75. The van der Waals surface area contributed by atoms with Gasteiger partial charge in [-0.05, 0) is 79.4 Å². The van der Waals surface area contributed by atoms with Gasteiger partial charge in [0.05, 0.1) is 11.4 Å². The van der Waals surface area contributed by atoms with Crippen LogP contribution in [0.1, 0.15) is 46.5 Å². The van der Waals surface area contributed by atoms with Crippen LogP contribution in [0.25, 0.3) is 0 Å². The number of fused-ring (bicyclic) bond motifs is 1. The highest BCUT2D eigenvalue weighted by atomic mass is 16.2. The Hall–Kier alpha value is -2.92. The predicted molar refractivity (Wildman–Crippen MR) is 139 cm³/mol. The van der Waals surface area contributed by atoms with Gasteiger partial charge in [-0.2, -0.15) is 0 Å². The SMILES string of the molecule is CC1=NC2=C(CCC=C(C3=CC(=O)N4C=C(N5CCNCC5)C=CC4=CCC3C)/C=C\2)CC1C. The van der Waals surface area contributed by atoms with Crippen LogP contribution in [0, 0.1) is 11.8 Å². The minimum atomic E-state index is 0.0291. The molecule has 178 valence electrons. The third-order valence-corrected chi connectivity index (χ3v) is 7.66. The van der Waals surface area contributed by atoms with Gasteiger partial charge in [-0.25, -0.2) is 0 Å². The molecule has 1 aliphatic carbocycles. The van der Waals surface area contributed by atoms with Crippen molar-refractivity contribution in [3.05, 3.63) is 82.5 Å². The maximum atomic E-state index is 13.5. The van der Waals surface area contributed by atoms with E-state index in [1.807, 2.05) is 17.2 Å². The molecular formula is C29H36N4O. The van der Waals surface area contributed by atoms with E-state index < -0.39 is 0 Å². The van der Waals surface area contributed by atoms with E-state index in [0.717, 1.165) is 80.1 Å². The van der Waals surface area contributed by atoms with Gasteiger partial charge in [-0.3, -0.25) is 14.7 Å². The van der Waals surface area contributed by atoms with E-state index in [-0.39, 0.29) is 11.8 Å². The van der Waals surface area contributed by atoms with Gasteiger partial charge in [0.25, 0.3) is 5.91 Å². The van der Waals surface area contributed by atoms with Gasteiger partial charge in [0.15, 0.2) is 0 Å². The summed E-state index contributed by atoms with van der Waals surface area (Å²) < 4.78 is 0. The molecular weight excluding hydrogens is 420 g/mol. The Bertz CT molecular complexity index is 1100. The molecule has 0 radical (unpaired) electrons. The molecule has 5 rings (SSSR count). The van der Waals surface area contributed by atoms with E-state index >= 15 is 0 Å². The van der Waals surface area contributed by atoms with Crippen LogP contribution in [-0.4, -0.2) is 47.6 Å². The molecule has 5 aliphatic rings. The lowest BCUT2D eigenvalue weighted by molar-refractivity contribution is -0.122. The zero-order valence-electron chi connectivity index (χ0n) is 20.7. The third-order valence-electron chi connectivity index (χ3n) is 7.66.